The van der Waals surface area contributed by atoms with Gasteiger partial charge in [-0.1, -0.05) is 58.0 Å². The minimum absolute atomic E-state index is 0.0464. The molecule has 0 unspecified atom stereocenters. The van der Waals surface area contributed by atoms with E-state index in [1.54, 1.807) is 12.1 Å². The zero-order valence-corrected chi connectivity index (χ0v) is 19.3. The Morgan fingerprint density at radius 3 is 2.76 bits per heavy atom. The van der Waals surface area contributed by atoms with Gasteiger partial charge in [-0.25, -0.2) is 5.43 Å². The number of rotatable bonds is 7. The number of nitrogens with one attached hydrogen (secondary N) is 1. The Morgan fingerprint density at radius 1 is 1.28 bits per heavy atom. The van der Waals surface area contributed by atoms with Gasteiger partial charge in [0.1, 0.15) is 5.75 Å². The first-order valence-corrected chi connectivity index (χ1v) is 11.2. The number of amides is 1. The number of nitrogens with zero attached hydrogens (tertiary/aromatic N) is 4. The molecule has 0 radical (unpaired) electrons. The molecule has 10 heteroatoms. The van der Waals surface area contributed by atoms with Crippen LogP contribution in [0.4, 0.5) is 0 Å². The lowest BCUT2D eigenvalue weighted by Gasteiger charge is -2.07. The summed E-state index contributed by atoms with van der Waals surface area (Å²) in [7, 11) is 0. The Bertz CT molecular complexity index is 1040. The summed E-state index contributed by atoms with van der Waals surface area (Å²) >= 11 is 7.88. The average Bonchev–Trinajstić information content (AvgIpc) is 3.13. The Hall–Kier alpha value is -2.17. The quantitative estimate of drug-likeness (QED) is 0.263. The number of halogens is 2. The van der Waals surface area contributed by atoms with Crippen molar-refractivity contribution >= 4 is 55.7 Å². The highest BCUT2D eigenvalue weighted by Crippen LogP contribution is 2.30. The molecule has 0 atom stereocenters. The molecule has 3 aromatic rings. The third-order valence-electron chi connectivity index (χ3n) is 3.85. The first-order chi connectivity index (χ1) is 14.0. The van der Waals surface area contributed by atoms with E-state index in [1.165, 1.54) is 18.0 Å². The Kier molecular flexibility index (Phi) is 7.45. The van der Waals surface area contributed by atoms with E-state index in [1.807, 2.05) is 41.8 Å². The van der Waals surface area contributed by atoms with Gasteiger partial charge in [-0.3, -0.25) is 4.79 Å². The molecule has 0 aliphatic rings. The molecule has 2 N–H and O–H groups in total. The molecule has 1 amide bonds. The molecule has 0 saturated carbocycles. The zero-order chi connectivity index (χ0) is 20.8. The zero-order valence-electron chi connectivity index (χ0n) is 15.3. The normalized spacial score (nSPS) is 11.1. The number of carbonyl (C=O) groups is 1. The van der Waals surface area contributed by atoms with Crippen LogP contribution in [0.5, 0.6) is 5.75 Å². The maximum absolute atomic E-state index is 12.1. The van der Waals surface area contributed by atoms with E-state index in [0.717, 1.165) is 15.9 Å². The second kappa shape index (κ2) is 10.0. The van der Waals surface area contributed by atoms with Gasteiger partial charge in [0.2, 0.25) is 0 Å². The highest BCUT2D eigenvalue weighted by Gasteiger charge is 2.14. The number of hydrogen-bond acceptors (Lipinski definition) is 6. The van der Waals surface area contributed by atoms with Crippen molar-refractivity contribution in [3.05, 3.63) is 57.0 Å². The lowest BCUT2D eigenvalue weighted by molar-refractivity contribution is -0.118. The largest absolute Gasteiger partial charge is 0.506 e. The molecule has 0 aliphatic carbocycles. The second-order valence-electron chi connectivity index (χ2n) is 5.82. The van der Waals surface area contributed by atoms with E-state index >= 15 is 0 Å². The third-order valence-corrected chi connectivity index (χ3v) is 5.88. The molecule has 1 aromatic heterocycles. The van der Waals surface area contributed by atoms with E-state index in [4.69, 9.17) is 0 Å². The molecule has 7 nitrogen and oxygen atoms in total. The van der Waals surface area contributed by atoms with E-state index in [0.29, 0.717) is 21.7 Å². The maximum Gasteiger partial charge on any atom is 0.250 e. The van der Waals surface area contributed by atoms with Crippen LogP contribution >= 0.6 is 43.6 Å². The van der Waals surface area contributed by atoms with E-state index in [9.17, 15) is 9.90 Å². The highest BCUT2D eigenvalue weighted by molar-refractivity contribution is 9.11. The van der Waals surface area contributed by atoms with E-state index in [-0.39, 0.29) is 17.4 Å². The minimum Gasteiger partial charge on any atom is -0.506 e. The molecule has 3 rings (SSSR count). The van der Waals surface area contributed by atoms with Crippen molar-refractivity contribution in [2.45, 2.75) is 18.6 Å². The molecule has 0 spiro atoms. The highest BCUT2D eigenvalue weighted by atomic mass is 79.9. The first-order valence-electron chi connectivity index (χ1n) is 8.61. The number of aromatic nitrogens is 3. The summed E-state index contributed by atoms with van der Waals surface area (Å²) in [5.41, 5.74) is 3.90. The summed E-state index contributed by atoms with van der Waals surface area (Å²) < 4.78 is 3.27. The number of phenolic OH excluding ortho intramolecular Hbond substituents is 1. The Labute approximate surface area is 188 Å². The average molecular weight is 539 g/mol. The van der Waals surface area contributed by atoms with E-state index in [2.05, 4.69) is 52.6 Å². The van der Waals surface area contributed by atoms with Gasteiger partial charge in [-0.05, 0) is 35.0 Å². The van der Waals surface area contributed by atoms with E-state index < -0.39 is 0 Å². The maximum atomic E-state index is 12.1. The number of carbonyl (C=O) groups excluding carboxylic acids is 1. The minimum atomic E-state index is -0.285. The summed E-state index contributed by atoms with van der Waals surface area (Å²) in [4.78, 5) is 12.1. The number of benzene rings is 2. The molecule has 0 aliphatic heterocycles. The van der Waals surface area contributed by atoms with Crippen LogP contribution in [0.25, 0.3) is 11.4 Å². The Morgan fingerprint density at radius 2 is 2.03 bits per heavy atom. The fourth-order valence-corrected chi connectivity index (χ4v) is 4.55. The van der Waals surface area contributed by atoms with Crippen molar-refractivity contribution in [2.24, 2.45) is 5.10 Å². The van der Waals surface area contributed by atoms with Gasteiger partial charge in [0, 0.05) is 22.1 Å². The molecule has 29 heavy (non-hydrogen) atoms. The fraction of sp³-hybridized carbons (Fsp3) is 0.158. The lowest BCUT2D eigenvalue weighted by atomic mass is 10.2. The fourth-order valence-electron chi connectivity index (χ4n) is 2.50. The number of phenols is 1. The summed E-state index contributed by atoms with van der Waals surface area (Å²) in [6.07, 6.45) is 1.38. The number of hydrazone groups is 1. The van der Waals surface area contributed by atoms with Gasteiger partial charge < -0.3 is 9.67 Å². The van der Waals surface area contributed by atoms with Gasteiger partial charge in [-0.2, -0.15) is 5.10 Å². The van der Waals surface area contributed by atoms with Gasteiger partial charge in [0.05, 0.1) is 16.4 Å². The standard InChI is InChI=1S/C19H17Br2N5O2S/c1-2-26-18(12-6-4-3-5-7-12)24-25-19(26)29-11-16(27)23-22-10-13-8-14(20)9-15(21)17(13)28/h3-10,28H,2,11H2,1H3,(H,23,27). The monoisotopic (exact) mass is 537 g/mol. The van der Waals surface area contributed by atoms with Crippen molar-refractivity contribution in [1.29, 1.82) is 0 Å². The van der Waals surface area contributed by atoms with Crippen molar-refractivity contribution in [3.63, 3.8) is 0 Å². The summed E-state index contributed by atoms with van der Waals surface area (Å²) in [5.74, 6) is 0.667. The van der Waals surface area contributed by atoms with Crippen molar-refractivity contribution in [3.8, 4) is 17.1 Å². The van der Waals surface area contributed by atoms with Crippen LogP contribution in [-0.4, -0.2) is 37.7 Å². The Balaban J connectivity index is 1.61. The van der Waals surface area contributed by atoms with Crippen LogP contribution in [0.1, 0.15) is 12.5 Å². The lowest BCUT2D eigenvalue weighted by Crippen LogP contribution is -2.20. The SMILES string of the molecule is CCn1c(SCC(=O)NN=Cc2cc(Br)cc(Br)c2O)nnc1-c1ccccc1. The van der Waals surface area contributed by atoms with Gasteiger partial charge in [0.25, 0.3) is 5.91 Å². The van der Waals surface area contributed by atoms with Crippen LogP contribution in [-0.2, 0) is 11.3 Å². The molecule has 1 heterocycles. The van der Waals surface area contributed by atoms with Crippen LogP contribution in [0.3, 0.4) is 0 Å². The predicted molar refractivity (Wildman–Crippen MR) is 121 cm³/mol. The topological polar surface area (TPSA) is 92.4 Å². The van der Waals surface area contributed by atoms with Crippen LogP contribution < -0.4 is 5.43 Å². The van der Waals surface area contributed by atoms with Crippen molar-refractivity contribution in [2.75, 3.05) is 5.75 Å². The van der Waals surface area contributed by atoms with Gasteiger partial charge >= 0.3 is 0 Å². The summed E-state index contributed by atoms with van der Waals surface area (Å²) in [5, 5.41) is 23.0. The molecule has 150 valence electrons. The summed E-state index contributed by atoms with van der Waals surface area (Å²) in [6.45, 7) is 2.70. The molecule has 0 bridgehead atoms. The number of aromatic hydroxyl groups is 1. The van der Waals surface area contributed by atoms with Gasteiger partial charge in [0.15, 0.2) is 11.0 Å². The van der Waals surface area contributed by atoms with Crippen LogP contribution in [0.2, 0.25) is 0 Å². The molecule has 0 saturated heterocycles. The first kappa shape index (κ1) is 21.5. The number of thioether (sulfide) groups is 1. The molecule has 0 fully saturated rings. The summed E-state index contributed by atoms with van der Waals surface area (Å²) in [6, 6.07) is 13.2. The smallest absolute Gasteiger partial charge is 0.250 e. The molecule has 2 aromatic carbocycles. The van der Waals surface area contributed by atoms with Crippen LogP contribution in [0, 0.1) is 0 Å². The third kappa shape index (κ3) is 5.46. The van der Waals surface area contributed by atoms with Crippen LogP contribution in [0.15, 0.2) is 61.7 Å². The molecular weight excluding hydrogens is 522 g/mol. The molecular formula is C19H17Br2N5O2S. The number of hydrogen-bond donors (Lipinski definition) is 2. The van der Waals surface area contributed by atoms with Crippen molar-refractivity contribution < 1.29 is 9.90 Å². The second-order valence-corrected chi connectivity index (χ2v) is 8.54. The van der Waals surface area contributed by atoms with Crippen molar-refractivity contribution in [1.82, 2.24) is 20.2 Å². The van der Waals surface area contributed by atoms with Gasteiger partial charge in [-0.15, -0.1) is 10.2 Å². The predicted octanol–water partition coefficient (Wildman–Crippen LogP) is 4.44.